The first kappa shape index (κ1) is 9.57. The molecule has 0 heteroatoms. The van der Waals surface area contributed by atoms with Gasteiger partial charge in [0.15, 0.2) is 0 Å². The highest BCUT2D eigenvalue weighted by atomic mass is 14.1. The van der Waals surface area contributed by atoms with Gasteiger partial charge in [0.1, 0.15) is 0 Å². The molecular weight excluding hydrogens is 144 g/mol. The summed E-state index contributed by atoms with van der Waals surface area (Å²) in [6, 6.07) is 0. The van der Waals surface area contributed by atoms with Gasteiger partial charge in [-0.1, -0.05) is 43.9 Å². The lowest BCUT2D eigenvalue weighted by molar-refractivity contribution is 0.667. The molecule has 68 valence electrons. The van der Waals surface area contributed by atoms with Crippen molar-refractivity contribution in [1.82, 2.24) is 0 Å². The normalized spacial score (nSPS) is 16.2. The molecule has 0 spiro atoms. The summed E-state index contributed by atoms with van der Waals surface area (Å²) in [5, 5.41) is 0. The van der Waals surface area contributed by atoms with Crippen molar-refractivity contribution in [3.8, 4) is 0 Å². The Morgan fingerprint density at radius 3 is 2.67 bits per heavy atom. The number of unbranched alkanes of at least 4 members (excludes halogenated alkanes) is 3. The minimum atomic E-state index is 1.20. The first-order chi connectivity index (χ1) is 5.84. The van der Waals surface area contributed by atoms with Crippen molar-refractivity contribution in [2.45, 2.75) is 52.4 Å². The molecule has 0 unspecified atom stereocenters. The quantitative estimate of drug-likeness (QED) is 0.533. The molecule has 0 bridgehead atoms. The van der Waals surface area contributed by atoms with Gasteiger partial charge in [-0.15, -0.1) is 0 Å². The van der Waals surface area contributed by atoms with Crippen LogP contribution in [-0.4, -0.2) is 0 Å². The third-order valence-corrected chi connectivity index (χ3v) is 2.59. The third kappa shape index (κ3) is 2.84. The Morgan fingerprint density at radius 2 is 2.08 bits per heavy atom. The summed E-state index contributed by atoms with van der Waals surface area (Å²) in [7, 11) is 0. The maximum absolute atomic E-state index is 2.31. The van der Waals surface area contributed by atoms with Gasteiger partial charge in [0.2, 0.25) is 0 Å². The van der Waals surface area contributed by atoms with E-state index in [0.717, 1.165) is 0 Å². The Hall–Kier alpha value is -0.520. The molecule has 12 heavy (non-hydrogen) atoms. The molecule has 0 nitrogen and oxygen atoms in total. The average molecular weight is 164 g/mol. The molecule has 1 rings (SSSR count). The topological polar surface area (TPSA) is 0 Å². The highest BCUT2D eigenvalue weighted by molar-refractivity contribution is 5.32. The third-order valence-electron chi connectivity index (χ3n) is 2.59. The summed E-state index contributed by atoms with van der Waals surface area (Å²) in [4.78, 5) is 0. The highest BCUT2D eigenvalue weighted by Gasteiger charge is 2.03. The first-order valence-corrected chi connectivity index (χ1v) is 5.19. The van der Waals surface area contributed by atoms with Crippen molar-refractivity contribution in [1.29, 1.82) is 0 Å². The summed E-state index contributed by atoms with van der Waals surface area (Å²) in [5.41, 5.74) is 3.19. The van der Waals surface area contributed by atoms with E-state index in [1.165, 1.54) is 38.5 Å². The molecule has 0 aromatic heterocycles. The summed E-state index contributed by atoms with van der Waals surface area (Å²) < 4.78 is 0. The Labute approximate surface area is 76.4 Å². The van der Waals surface area contributed by atoms with Crippen LogP contribution in [0.1, 0.15) is 52.4 Å². The van der Waals surface area contributed by atoms with E-state index < -0.39 is 0 Å². The van der Waals surface area contributed by atoms with Crippen LogP contribution in [-0.2, 0) is 0 Å². The zero-order chi connectivity index (χ0) is 8.81. The highest BCUT2D eigenvalue weighted by Crippen LogP contribution is 2.23. The van der Waals surface area contributed by atoms with Crippen molar-refractivity contribution < 1.29 is 0 Å². The van der Waals surface area contributed by atoms with E-state index in [1.54, 1.807) is 11.1 Å². The van der Waals surface area contributed by atoms with Crippen LogP contribution in [0.4, 0.5) is 0 Å². The van der Waals surface area contributed by atoms with Crippen LogP contribution in [0.2, 0.25) is 0 Å². The van der Waals surface area contributed by atoms with Crippen LogP contribution in [0.3, 0.4) is 0 Å². The molecular formula is C12H20. The van der Waals surface area contributed by atoms with Crippen molar-refractivity contribution in [2.24, 2.45) is 0 Å². The zero-order valence-corrected chi connectivity index (χ0v) is 8.40. The van der Waals surface area contributed by atoms with Gasteiger partial charge in [0.05, 0.1) is 0 Å². The lowest BCUT2D eigenvalue weighted by Gasteiger charge is -2.01. The van der Waals surface area contributed by atoms with Gasteiger partial charge in [-0.05, 0) is 31.8 Å². The molecule has 0 N–H and O–H groups in total. The van der Waals surface area contributed by atoms with E-state index in [2.05, 4.69) is 26.0 Å². The van der Waals surface area contributed by atoms with Crippen molar-refractivity contribution in [2.75, 3.05) is 0 Å². The molecule has 0 saturated heterocycles. The largest absolute Gasteiger partial charge is 0.0802 e. The van der Waals surface area contributed by atoms with Crippen LogP contribution in [0.5, 0.6) is 0 Å². The lowest BCUT2D eigenvalue weighted by atomic mass is 10.0. The second-order valence-electron chi connectivity index (χ2n) is 3.72. The van der Waals surface area contributed by atoms with Gasteiger partial charge in [-0.2, -0.15) is 0 Å². The molecule has 0 atom stereocenters. The van der Waals surface area contributed by atoms with E-state index >= 15 is 0 Å². The minimum Gasteiger partial charge on any atom is -0.0802 e. The molecule has 1 aliphatic carbocycles. The fraction of sp³-hybridized carbons (Fsp3) is 0.667. The maximum atomic E-state index is 2.31. The molecule has 0 amide bonds. The lowest BCUT2D eigenvalue weighted by Crippen LogP contribution is -1.82. The number of rotatable bonds is 5. The van der Waals surface area contributed by atoms with Gasteiger partial charge in [0.25, 0.3) is 0 Å². The van der Waals surface area contributed by atoms with Gasteiger partial charge < -0.3 is 0 Å². The van der Waals surface area contributed by atoms with Crippen LogP contribution in [0, 0.1) is 0 Å². The van der Waals surface area contributed by atoms with Crippen molar-refractivity contribution in [3.05, 3.63) is 23.3 Å². The Bertz CT molecular complexity index is 184. The molecule has 1 aliphatic rings. The summed E-state index contributed by atoms with van der Waals surface area (Å²) in [6.45, 7) is 4.52. The summed E-state index contributed by atoms with van der Waals surface area (Å²) >= 11 is 0. The van der Waals surface area contributed by atoms with Crippen molar-refractivity contribution in [3.63, 3.8) is 0 Å². The van der Waals surface area contributed by atoms with E-state index in [9.17, 15) is 0 Å². The SMILES string of the molecule is CCCCCCC1=C(C)CC=C1. The number of hydrogen-bond acceptors (Lipinski definition) is 0. The summed E-state index contributed by atoms with van der Waals surface area (Å²) in [6.07, 6.45) is 12.6. The Balaban J connectivity index is 2.14. The standard InChI is InChI=1S/C12H20/c1-3-4-5-6-9-12-10-7-8-11(12)2/h7,10H,3-6,8-9H2,1-2H3. The Morgan fingerprint density at radius 1 is 1.25 bits per heavy atom. The van der Waals surface area contributed by atoms with Gasteiger partial charge in [-0.25, -0.2) is 0 Å². The van der Waals surface area contributed by atoms with E-state index in [0.29, 0.717) is 0 Å². The molecule has 0 aromatic carbocycles. The van der Waals surface area contributed by atoms with E-state index in [-0.39, 0.29) is 0 Å². The maximum Gasteiger partial charge on any atom is -0.0133 e. The number of hydrogen-bond donors (Lipinski definition) is 0. The Kier molecular flexibility index (Phi) is 4.13. The monoisotopic (exact) mass is 164 g/mol. The van der Waals surface area contributed by atoms with Gasteiger partial charge in [-0.3, -0.25) is 0 Å². The predicted molar refractivity (Wildman–Crippen MR) is 55.2 cm³/mol. The molecule has 0 heterocycles. The predicted octanol–water partition coefficient (Wildman–Crippen LogP) is 4.23. The van der Waals surface area contributed by atoms with Crippen molar-refractivity contribution >= 4 is 0 Å². The minimum absolute atomic E-state index is 1.20. The van der Waals surface area contributed by atoms with E-state index in [1.807, 2.05) is 0 Å². The van der Waals surface area contributed by atoms with Gasteiger partial charge >= 0.3 is 0 Å². The van der Waals surface area contributed by atoms with Crippen LogP contribution in [0.15, 0.2) is 23.3 Å². The second kappa shape index (κ2) is 5.18. The van der Waals surface area contributed by atoms with Crippen LogP contribution < -0.4 is 0 Å². The molecule has 0 aliphatic heterocycles. The molecule has 0 aromatic rings. The molecule has 0 saturated carbocycles. The first-order valence-electron chi connectivity index (χ1n) is 5.19. The fourth-order valence-corrected chi connectivity index (χ4v) is 1.69. The summed E-state index contributed by atoms with van der Waals surface area (Å²) in [5.74, 6) is 0. The smallest absolute Gasteiger partial charge is 0.0133 e. The molecule has 0 fully saturated rings. The average Bonchev–Trinajstić information content (AvgIpc) is 2.46. The van der Waals surface area contributed by atoms with E-state index in [4.69, 9.17) is 0 Å². The zero-order valence-electron chi connectivity index (χ0n) is 8.40. The second-order valence-corrected chi connectivity index (χ2v) is 3.72. The number of allylic oxidation sites excluding steroid dienone is 4. The van der Waals surface area contributed by atoms with Crippen LogP contribution >= 0.6 is 0 Å². The van der Waals surface area contributed by atoms with Crippen LogP contribution in [0.25, 0.3) is 0 Å². The fourth-order valence-electron chi connectivity index (χ4n) is 1.69. The van der Waals surface area contributed by atoms with Gasteiger partial charge in [0, 0.05) is 0 Å². The molecule has 0 radical (unpaired) electrons.